The highest BCUT2D eigenvalue weighted by atomic mass is 16.5. The van der Waals surface area contributed by atoms with Gasteiger partial charge in [-0.25, -0.2) is 4.79 Å². The van der Waals surface area contributed by atoms with E-state index in [-0.39, 0.29) is 6.04 Å². The van der Waals surface area contributed by atoms with E-state index < -0.39 is 6.09 Å². The van der Waals surface area contributed by atoms with Gasteiger partial charge in [0.15, 0.2) is 0 Å². The minimum Gasteiger partial charge on any atom is -0.497 e. The Balaban J connectivity index is 2.73. The summed E-state index contributed by atoms with van der Waals surface area (Å²) >= 11 is 0. The zero-order chi connectivity index (χ0) is 14.3. The molecule has 5 nitrogen and oxygen atoms in total. The van der Waals surface area contributed by atoms with Gasteiger partial charge in [-0.3, -0.25) is 0 Å². The Morgan fingerprint density at radius 3 is 2.74 bits per heavy atom. The van der Waals surface area contributed by atoms with Crippen LogP contribution in [-0.4, -0.2) is 45.3 Å². The van der Waals surface area contributed by atoms with Gasteiger partial charge in [0.2, 0.25) is 0 Å². The van der Waals surface area contributed by atoms with Crippen molar-refractivity contribution in [3.8, 4) is 5.75 Å². The monoisotopic (exact) mass is 266 g/mol. The number of hydrogen-bond acceptors (Lipinski definition) is 4. The first-order valence-electron chi connectivity index (χ1n) is 6.29. The van der Waals surface area contributed by atoms with Crippen LogP contribution >= 0.6 is 0 Å². The molecule has 0 aliphatic rings. The van der Waals surface area contributed by atoms with E-state index in [4.69, 9.17) is 9.47 Å². The van der Waals surface area contributed by atoms with Gasteiger partial charge in [0.05, 0.1) is 19.8 Å². The molecule has 0 saturated carbocycles. The number of carbonyl (C=O) groups excluding carboxylic acids is 1. The van der Waals surface area contributed by atoms with Crippen LogP contribution in [0.2, 0.25) is 0 Å². The van der Waals surface area contributed by atoms with Crippen molar-refractivity contribution < 1.29 is 14.3 Å². The molecule has 0 aliphatic heterocycles. The number of nitrogens with zero attached hydrogens (tertiary/aromatic N) is 1. The Labute approximate surface area is 114 Å². The molecule has 1 aromatic carbocycles. The molecule has 1 unspecified atom stereocenters. The summed E-state index contributed by atoms with van der Waals surface area (Å²) in [5.41, 5.74) is 1.08. The Hall–Kier alpha value is -1.75. The Morgan fingerprint density at radius 1 is 1.42 bits per heavy atom. The molecular weight excluding hydrogens is 244 g/mol. The zero-order valence-electron chi connectivity index (χ0n) is 12.0. The van der Waals surface area contributed by atoms with Crippen molar-refractivity contribution in [2.45, 2.75) is 13.0 Å². The first-order valence-corrected chi connectivity index (χ1v) is 6.29. The van der Waals surface area contributed by atoms with Gasteiger partial charge >= 0.3 is 6.09 Å². The van der Waals surface area contributed by atoms with E-state index in [1.54, 1.807) is 14.0 Å². The van der Waals surface area contributed by atoms with Crippen LogP contribution in [0.4, 0.5) is 4.79 Å². The van der Waals surface area contributed by atoms with Crippen LogP contribution in [0.3, 0.4) is 0 Å². The summed E-state index contributed by atoms with van der Waals surface area (Å²) in [6.45, 7) is 2.64. The topological polar surface area (TPSA) is 50.8 Å². The van der Waals surface area contributed by atoms with Crippen molar-refractivity contribution in [3.63, 3.8) is 0 Å². The lowest BCUT2D eigenvalue weighted by Gasteiger charge is -2.25. The molecule has 0 bridgehead atoms. The third-order valence-corrected chi connectivity index (χ3v) is 2.82. The molecule has 0 spiro atoms. The SMILES string of the molecule is CCOC(=O)NCC(c1cccc(OC)c1)N(C)C. The maximum atomic E-state index is 11.3. The predicted molar refractivity (Wildman–Crippen MR) is 74.4 cm³/mol. The van der Waals surface area contributed by atoms with E-state index in [0.717, 1.165) is 11.3 Å². The maximum Gasteiger partial charge on any atom is 0.407 e. The largest absolute Gasteiger partial charge is 0.497 e. The molecule has 1 N–H and O–H groups in total. The van der Waals surface area contributed by atoms with Gasteiger partial charge in [0.1, 0.15) is 5.75 Å². The van der Waals surface area contributed by atoms with E-state index in [1.165, 1.54) is 0 Å². The first-order chi connectivity index (χ1) is 9.08. The Morgan fingerprint density at radius 2 is 2.16 bits per heavy atom. The Bertz CT molecular complexity index is 407. The number of ether oxygens (including phenoxy) is 2. The van der Waals surface area contributed by atoms with Crippen molar-refractivity contribution in [3.05, 3.63) is 29.8 Å². The molecule has 0 aliphatic carbocycles. The molecule has 106 valence electrons. The summed E-state index contributed by atoms with van der Waals surface area (Å²) in [7, 11) is 5.58. The molecule has 1 rings (SSSR count). The molecule has 0 aromatic heterocycles. The second-order valence-corrected chi connectivity index (χ2v) is 4.36. The van der Waals surface area contributed by atoms with E-state index >= 15 is 0 Å². The number of methoxy groups -OCH3 is 1. The number of benzene rings is 1. The van der Waals surface area contributed by atoms with Crippen molar-refractivity contribution in [2.24, 2.45) is 0 Å². The van der Waals surface area contributed by atoms with Gasteiger partial charge in [0, 0.05) is 6.54 Å². The van der Waals surface area contributed by atoms with Crippen molar-refractivity contribution in [1.82, 2.24) is 10.2 Å². The normalized spacial score (nSPS) is 12.1. The van der Waals surface area contributed by atoms with Gasteiger partial charge in [-0.1, -0.05) is 12.1 Å². The number of nitrogens with one attached hydrogen (secondary N) is 1. The molecule has 0 radical (unpaired) electrons. The van der Waals surface area contributed by atoms with E-state index in [2.05, 4.69) is 5.32 Å². The molecule has 5 heteroatoms. The maximum absolute atomic E-state index is 11.3. The van der Waals surface area contributed by atoms with Crippen LogP contribution < -0.4 is 10.1 Å². The quantitative estimate of drug-likeness (QED) is 0.856. The molecule has 1 aromatic rings. The zero-order valence-corrected chi connectivity index (χ0v) is 12.0. The van der Waals surface area contributed by atoms with Crippen molar-refractivity contribution in [2.75, 3.05) is 34.4 Å². The molecule has 0 heterocycles. The molecule has 19 heavy (non-hydrogen) atoms. The number of carbonyl (C=O) groups is 1. The number of hydrogen-bond donors (Lipinski definition) is 1. The van der Waals surface area contributed by atoms with Gasteiger partial charge in [-0.15, -0.1) is 0 Å². The lowest BCUT2D eigenvalue weighted by atomic mass is 10.1. The van der Waals surface area contributed by atoms with Crippen molar-refractivity contribution >= 4 is 6.09 Å². The predicted octanol–water partition coefficient (Wildman–Crippen LogP) is 2.04. The van der Waals surface area contributed by atoms with Crippen molar-refractivity contribution in [1.29, 1.82) is 0 Å². The third-order valence-electron chi connectivity index (χ3n) is 2.82. The average molecular weight is 266 g/mol. The minimum absolute atomic E-state index is 0.0690. The van der Waals surface area contributed by atoms with Gasteiger partial charge in [-0.05, 0) is 38.7 Å². The summed E-state index contributed by atoms with van der Waals surface area (Å²) in [6, 6.07) is 7.89. The highest BCUT2D eigenvalue weighted by Gasteiger charge is 2.16. The van der Waals surface area contributed by atoms with Crippen LogP contribution in [0.5, 0.6) is 5.75 Å². The Kier molecular flexibility index (Phi) is 6.15. The summed E-state index contributed by atoms with van der Waals surface area (Å²) in [5, 5.41) is 2.76. The fourth-order valence-electron chi connectivity index (χ4n) is 1.81. The smallest absolute Gasteiger partial charge is 0.407 e. The van der Waals surface area contributed by atoms with Crippen LogP contribution in [0.15, 0.2) is 24.3 Å². The minimum atomic E-state index is -0.391. The number of likely N-dealkylation sites (N-methyl/N-ethyl adjacent to an activating group) is 1. The fourth-order valence-corrected chi connectivity index (χ4v) is 1.81. The average Bonchev–Trinajstić information content (AvgIpc) is 2.39. The number of rotatable bonds is 6. The highest BCUT2D eigenvalue weighted by molar-refractivity contribution is 5.67. The number of alkyl carbamates (subject to hydrolysis) is 1. The molecule has 0 saturated heterocycles. The van der Waals surface area contributed by atoms with Gasteiger partial charge in [0.25, 0.3) is 0 Å². The van der Waals surface area contributed by atoms with E-state index in [1.807, 2.05) is 43.3 Å². The van der Waals surface area contributed by atoms with E-state index in [9.17, 15) is 4.79 Å². The third kappa shape index (κ3) is 4.79. The highest BCUT2D eigenvalue weighted by Crippen LogP contribution is 2.21. The lowest BCUT2D eigenvalue weighted by molar-refractivity contribution is 0.148. The van der Waals surface area contributed by atoms with Gasteiger partial charge < -0.3 is 19.7 Å². The van der Waals surface area contributed by atoms with E-state index in [0.29, 0.717) is 13.2 Å². The van der Waals surface area contributed by atoms with Crippen LogP contribution in [-0.2, 0) is 4.74 Å². The molecule has 1 atom stereocenters. The summed E-state index contributed by atoms with van der Waals surface area (Å²) in [5.74, 6) is 0.806. The first kappa shape index (κ1) is 15.3. The standard InChI is InChI=1S/C14H22N2O3/c1-5-19-14(17)15-10-13(16(2)3)11-7-6-8-12(9-11)18-4/h6-9,13H,5,10H2,1-4H3,(H,15,17). The lowest BCUT2D eigenvalue weighted by Crippen LogP contribution is -2.34. The van der Waals surface area contributed by atoms with Gasteiger partial charge in [-0.2, -0.15) is 0 Å². The number of amides is 1. The summed E-state index contributed by atoms with van der Waals surface area (Å²) in [4.78, 5) is 13.4. The van der Waals surface area contributed by atoms with Crippen LogP contribution in [0.25, 0.3) is 0 Å². The summed E-state index contributed by atoms with van der Waals surface area (Å²) in [6.07, 6.45) is -0.391. The second-order valence-electron chi connectivity index (χ2n) is 4.36. The summed E-state index contributed by atoms with van der Waals surface area (Å²) < 4.78 is 10.1. The molecule has 0 fully saturated rings. The molecular formula is C14H22N2O3. The van der Waals surface area contributed by atoms with Crippen LogP contribution in [0, 0.1) is 0 Å². The second kappa shape index (κ2) is 7.63. The molecule has 1 amide bonds. The van der Waals surface area contributed by atoms with Crippen LogP contribution in [0.1, 0.15) is 18.5 Å². The fraction of sp³-hybridized carbons (Fsp3) is 0.500.